The summed E-state index contributed by atoms with van der Waals surface area (Å²) in [7, 11) is 0. The molecule has 0 aromatic heterocycles. The lowest BCUT2D eigenvalue weighted by atomic mass is 10.0. The van der Waals surface area contributed by atoms with Crippen LogP contribution in [0.15, 0.2) is 12.2 Å². The summed E-state index contributed by atoms with van der Waals surface area (Å²) in [6.07, 6.45) is 58.0. The number of unbranched alkanes of at least 4 members (excludes halogenated alkanes) is 39. The minimum Gasteiger partial charge on any atom is -0.466 e. The smallest absolute Gasteiger partial charge is 0.305 e. The van der Waals surface area contributed by atoms with Gasteiger partial charge in [0.15, 0.2) is 0 Å². The fourth-order valence-corrected chi connectivity index (χ4v) is 8.40. The standard InChI is InChI=1S/C54H105NO5/c1-3-5-7-9-11-13-14-15-16-17-18-22-25-28-32-36-40-44-48-54(59)60-49-45-41-37-33-29-26-23-20-19-21-24-27-31-35-39-43-47-53(58)55-51(50-56)52(57)46-42-38-34-30-12-10-8-6-4-2/h42,46,51-52,56-57H,3-41,43-45,47-50H2,1-2H3,(H,55,58)/b46-42+. The molecule has 0 bridgehead atoms. The molecular weight excluding hydrogens is 743 g/mol. The molecule has 6 heteroatoms. The highest BCUT2D eigenvalue weighted by Crippen LogP contribution is 2.17. The lowest BCUT2D eigenvalue weighted by Gasteiger charge is -2.20. The third-order valence-corrected chi connectivity index (χ3v) is 12.6. The van der Waals surface area contributed by atoms with Crippen LogP contribution in [0.1, 0.15) is 296 Å². The van der Waals surface area contributed by atoms with Crippen molar-refractivity contribution >= 4 is 11.9 Å². The van der Waals surface area contributed by atoms with Gasteiger partial charge in [-0.2, -0.15) is 0 Å². The Kier molecular flexibility index (Phi) is 49.1. The Morgan fingerprint density at radius 3 is 1.13 bits per heavy atom. The average Bonchev–Trinajstić information content (AvgIpc) is 3.25. The van der Waals surface area contributed by atoms with Crippen molar-refractivity contribution in [2.45, 2.75) is 309 Å². The molecule has 0 radical (unpaired) electrons. The fourth-order valence-electron chi connectivity index (χ4n) is 8.40. The Balaban J connectivity index is 3.38. The number of amides is 1. The SMILES string of the molecule is CCCCCCCCC/C=C/C(O)C(CO)NC(=O)CCCCCCCCCCCCCCCCCCOC(=O)CCCCCCCCCCCCCCCCCCCC. The topological polar surface area (TPSA) is 95.9 Å². The summed E-state index contributed by atoms with van der Waals surface area (Å²) in [5.74, 6) is -0.0702. The van der Waals surface area contributed by atoms with Crippen LogP contribution in [-0.2, 0) is 14.3 Å². The van der Waals surface area contributed by atoms with Crippen molar-refractivity contribution in [1.82, 2.24) is 5.32 Å². The number of carbonyl (C=O) groups excluding carboxylic acids is 2. The van der Waals surface area contributed by atoms with Crippen molar-refractivity contribution in [2.24, 2.45) is 0 Å². The highest BCUT2D eigenvalue weighted by atomic mass is 16.5. The van der Waals surface area contributed by atoms with E-state index in [1.54, 1.807) is 6.08 Å². The summed E-state index contributed by atoms with van der Waals surface area (Å²) in [5, 5.41) is 22.9. The van der Waals surface area contributed by atoms with Crippen LogP contribution < -0.4 is 5.32 Å². The maximum Gasteiger partial charge on any atom is 0.305 e. The molecule has 0 aromatic rings. The Bertz CT molecular complexity index is 893. The molecule has 0 spiro atoms. The van der Waals surface area contributed by atoms with Crippen molar-refractivity contribution in [3.05, 3.63) is 12.2 Å². The number of allylic oxidation sites excluding steroid dienone is 1. The molecule has 0 saturated heterocycles. The summed E-state index contributed by atoms with van der Waals surface area (Å²) in [6.45, 7) is 4.87. The van der Waals surface area contributed by atoms with E-state index in [0.717, 1.165) is 44.9 Å². The van der Waals surface area contributed by atoms with E-state index in [0.29, 0.717) is 19.4 Å². The van der Waals surface area contributed by atoms with Gasteiger partial charge < -0.3 is 20.3 Å². The quantitative estimate of drug-likeness (QED) is 0.0322. The molecule has 0 aliphatic rings. The number of carbonyl (C=O) groups is 2. The van der Waals surface area contributed by atoms with E-state index in [4.69, 9.17) is 4.74 Å². The third kappa shape index (κ3) is 46.1. The maximum atomic E-state index is 12.4. The second kappa shape index (κ2) is 50.2. The Morgan fingerprint density at radius 2 is 0.767 bits per heavy atom. The minimum atomic E-state index is -0.845. The zero-order chi connectivity index (χ0) is 43.7. The number of rotatable bonds is 50. The Morgan fingerprint density at radius 1 is 0.450 bits per heavy atom. The lowest BCUT2D eigenvalue weighted by molar-refractivity contribution is -0.143. The van der Waals surface area contributed by atoms with Crippen LogP contribution in [0.5, 0.6) is 0 Å². The summed E-state index contributed by atoms with van der Waals surface area (Å²) < 4.78 is 5.48. The average molecular weight is 848 g/mol. The van der Waals surface area contributed by atoms with Crippen LogP contribution in [0.3, 0.4) is 0 Å². The van der Waals surface area contributed by atoms with Gasteiger partial charge in [-0.25, -0.2) is 0 Å². The monoisotopic (exact) mass is 848 g/mol. The van der Waals surface area contributed by atoms with Crippen LogP contribution >= 0.6 is 0 Å². The number of ether oxygens (including phenoxy) is 1. The van der Waals surface area contributed by atoms with E-state index in [1.807, 2.05) is 6.08 Å². The van der Waals surface area contributed by atoms with E-state index in [9.17, 15) is 19.8 Å². The van der Waals surface area contributed by atoms with Gasteiger partial charge in [0.05, 0.1) is 25.4 Å². The molecule has 3 N–H and O–H groups in total. The van der Waals surface area contributed by atoms with Crippen molar-refractivity contribution in [3.63, 3.8) is 0 Å². The normalized spacial score (nSPS) is 12.7. The second-order valence-electron chi connectivity index (χ2n) is 18.6. The van der Waals surface area contributed by atoms with Crippen molar-refractivity contribution in [2.75, 3.05) is 13.2 Å². The number of aliphatic hydroxyl groups excluding tert-OH is 2. The van der Waals surface area contributed by atoms with Gasteiger partial charge in [-0.05, 0) is 32.1 Å². The third-order valence-electron chi connectivity index (χ3n) is 12.6. The molecular formula is C54H105NO5. The van der Waals surface area contributed by atoms with E-state index in [2.05, 4.69) is 19.2 Å². The molecule has 0 aliphatic heterocycles. The number of esters is 1. The first-order valence-corrected chi connectivity index (χ1v) is 27.0. The molecule has 60 heavy (non-hydrogen) atoms. The number of nitrogens with one attached hydrogen (secondary N) is 1. The maximum absolute atomic E-state index is 12.4. The second-order valence-corrected chi connectivity index (χ2v) is 18.6. The van der Waals surface area contributed by atoms with E-state index < -0.39 is 12.1 Å². The van der Waals surface area contributed by atoms with Crippen molar-refractivity contribution in [3.8, 4) is 0 Å². The van der Waals surface area contributed by atoms with Crippen LogP contribution in [0, 0.1) is 0 Å². The first-order valence-electron chi connectivity index (χ1n) is 27.0. The summed E-state index contributed by atoms with van der Waals surface area (Å²) in [5.41, 5.74) is 0. The molecule has 0 saturated carbocycles. The van der Waals surface area contributed by atoms with E-state index in [1.165, 1.54) is 225 Å². The fraction of sp³-hybridized carbons (Fsp3) is 0.926. The number of hydrogen-bond acceptors (Lipinski definition) is 5. The Labute approximate surface area is 374 Å². The molecule has 1 amide bonds. The van der Waals surface area contributed by atoms with E-state index in [-0.39, 0.29) is 18.5 Å². The van der Waals surface area contributed by atoms with Gasteiger partial charge in [-0.15, -0.1) is 0 Å². The molecule has 356 valence electrons. The van der Waals surface area contributed by atoms with Gasteiger partial charge in [-0.3, -0.25) is 9.59 Å². The van der Waals surface area contributed by atoms with E-state index >= 15 is 0 Å². The van der Waals surface area contributed by atoms with Crippen LogP contribution in [0.25, 0.3) is 0 Å². The van der Waals surface area contributed by atoms with Crippen LogP contribution in [-0.4, -0.2) is 47.4 Å². The van der Waals surface area contributed by atoms with Gasteiger partial charge in [0, 0.05) is 12.8 Å². The molecule has 2 atom stereocenters. The molecule has 6 nitrogen and oxygen atoms in total. The number of hydrogen-bond donors (Lipinski definition) is 3. The summed E-state index contributed by atoms with van der Waals surface area (Å²) in [4.78, 5) is 24.4. The largest absolute Gasteiger partial charge is 0.466 e. The zero-order valence-corrected chi connectivity index (χ0v) is 40.5. The van der Waals surface area contributed by atoms with Gasteiger partial charge in [0.1, 0.15) is 0 Å². The van der Waals surface area contributed by atoms with Gasteiger partial charge >= 0.3 is 5.97 Å². The highest BCUT2D eigenvalue weighted by Gasteiger charge is 2.18. The molecule has 0 heterocycles. The van der Waals surface area contributed by atoms with Crippen molar-refractivity contribution in [1.29, 1.82) is 0 Å². The zero-order valence-electron chi connectivity index (χ0n) is 40.5. The van der Waals surface area contributed by atoms with Gasteiger partial charge in [0.25, 0.3) is 0 Å². The van der Waals surface area contributed by atoms with Gasteiger partial charge in [-0.1, -0.05) is 264 Å². The Hall–Kier alpha value is -1.40. The molecule has 0 aromatic carbocycles. The van der Waals surface area contributed by atoms with Crippen molar-refractivity contribution < 1.29 is 24.5 Å². The molecule has 2 unspecified atom stereocenters. The minimum absolute atomic E-state index is 0.00635. The molecule has 0 aliphatic carbocycles. The first-order chi connectivity index (χ1) is 29.5. The predicted molar refractivity (Wildman–Crippen MR) is 260 cm³/mol. The van der Waals surface area contributed by atoms with Crippen LogP contribution in [0.2, 0.25) is 0 Å². The highest BCUT2D eigenvalue weighted by molar-refractivity contribution is 5.76. The predicted octanol–water partition coefficient (Wildman–Crippen LogP) is 16.1. The molecule has 0 rings (SSSR count). The summed E-state index contributed by atoms with van der Waals surface area (Å²) >= 11 is 0. The lowest BCUT2D eigenvalue weighted by Crippen LogP contribution is -2.45. The first kappa shape index (κ1) is 58.6. The number of aliphatic hydroxyl groups is 2. The summed E-state index contributed by atoms with van der Waals surface area (Å²) in [6, 6.07) is -0.630. The molecule has 0 fully saturated rings. The van der Waals surface area contributed by atoms with Gasteiger partial charge in [0.2, 0.25) is 5.91 Å². The van der Waals surface area contributed by atoms with Crippen LogP contribution in [0.4, 0.5) is 0 Å².